The second kappa shape index (κ2) is 7.07. The molecule has 0 radical (unpaired) electrons. The Kier molecular flexibility index (Phi) is 4.92. The summed E-state index contributed by atoms with van der Waals surface area (Å²) in [5.41, 5.74) is 3.74. The number of nitrogens with one attached hydrogen (secondary N) is 1. The molecule has 0 fully saturated rings. The second-order valence-electron chi connectivity index (χ2n) is 4.32. The van der Waals surface area contributed by atoms with Gasteiger partial charge in [0, 0.05) is 0 Å². The summed E-state index contributed by atoms with van der Waals surface area (Å²) in [5, 5.41) is 12.5. The minimum absolute atomic E-state index is 0.175. The summed E-state index contributed by atoms with van der Waals surface area (Å²) in [6.45, 7) is 1.33. The van der Waals surface area contributed by atoms with Crippen LogP contribution in [-0.2, 0) is 4.79 Å². The first-order valence-electron chi connectivity index (χ1n) is 6.39. The molecule has 0 bridgehead atoms. The summed E-state index contributed by atoms with van der Waals surface area (Å²) in [4.78, 5) is 22.1. The number of hydrazone groups is 1. The van der Waals surface area contributed by atoms with Crippen molar-refractivity contribution in [3.05, 3.63) is 54.0 Å². The van der Waals surface area contributed by atoms with Gasteiger partial charge in [-0.05, 0) is 48.9 Å². The standard InChI is InChI=1S/C15H14N2O5/c1-10(16-17-15(20)13-3-2-8-21-13)11-4-6-12(7-5-11)22-9-14(18)19/h2-8H,9H2,1H3,(H,17,20)(H,18,19)/b16-10-. The monoisotopic (exact) mass is 302 g/mol. The summed E-state index contributed by atoms with van der Waals surface area (Å²) in [5.74, 6) is -0.860. The largest absolute Gasteiger partial charge is 0.482 e. The second-order valence-corrected chi connectivity index (χ2v) is 4.32. The number of benzene rings is 1. The van der Waals surface area contributed by atoms with Gasteiger partial charge < -0.3 is 14.3 Å². The summed E-state index contributed by atoms with van der Waals surface area (Å²) >= 11 is 0. The van der Waals surface area contributed by atoms with Crippen LogP contribution in [0.25, 0.3) is 0 Å². The van der Waals surface area contributed by atoms with Crippen molar-refractivity contribution in [2.75, 3.05) is 6.61 Å². The van der Waals surface area contributed by atoms with Crippen molar-refractivity contribution >= 4 is 17.6 Å². The first kappa shape index (κ1) is 15.3. The number of carbonyl (C=O) groups is 2. The zero-order chi connectivity index (χ0) is 15.9. The molecule has 0 aliphatic rings. The molecule has 2 aromatic rings. The molecule has 0 aliphatic heterocycles. The topological polar surface area (TPSA) is 101 Å². The minimum atomic E-state index is -1.04. The molecule has 0 saturated carbocycles. The van der Waals surface area contributed by atoms with Gasteiger partial charge in [-0.25, -0.2) is 10.2 Å². The molecule has 1 aromatic carbocycles. The maximum atomic E-state index is 11.7. The SMILES string of the molecule is C/C(=N/NC(=O)c1ccco1)c1ccc(OCC(=O)O)cc1. The van der Waals surface area contributed by atoms with E-state index in [0.717, 1.165) is 5.56 Å². The van der Waals surface area contributed by atoms with Gasteiger partial charge in [0.1, 0.15) is 5.75 Å². The van der Waals surface area contributed by atoms with Crippen molar-refractivity contribution in [1.29, 1.82) is 0 Å². The molecule has 114 valence electrons. The van der Waals surface area contributed by atoms with Gasteiger partial charge in [-0.15, -0.1) is 0 Å². The lowest BCUT2D eigenvalue weighted by Crippen LogP contribution is -2.18. The van der Waals surface area contributed by atoms with E-state index in [4.69, 9.17) is 14.3 Å². The normalized spacial score (nSPS) is 11.0. The van der Waals surface area contributed by atoms with E-state index in [0.29, 0.717) is 11.5 Å². The third kappa shape index (κ3) is 4.20. The van der Waals surface area contributed by atoms with E-state index in [1.165, 1.54) is 12.3 Å². The van der Waals surface area contributed by atoms with Crippen LogP contribution in [0.15, 0.2) is 52.2 Å². The highest BCUT2D eigenvalue weighted by Gasteiger charge is 2.07. The lowest BCUT2D eigenvalue weighted by molar-refractivity contribution is -0.139. The Morgan fingerprint density at radius 1 is 1.27 bits per heavy atom. The van der Waals surface area contributed by atoms with Crippen molar-refractivity contribution in [3.8, 4) is 5.75 Å². The van der Waals surface area contributed by atoms with Gasteiger partial charge in [-0.3, -0.25) is 4.79 Å². The molecule has 0 atom stereocenters. The number of aliphatic carboxylic acids is 1. The molecule has 7 heteroatoms. The fraction of sp³-hybridized carbons (Fsp3) is 0.133. The van der Waals surface area contributed by atoms with Gasteiger partial charge in [0.05, 0.1) is 12.0 Å². The summed E-state index contributed by atoms with van der Waals surface area (Å²) in [6, 6.07) is 9.84. The number of hydrogen-bond acceptors (Lipinski definition) is 5. The predicted octanol–water partition coefficient (Wildman–Crippen LogP) is 1.90. The Labute approximate surface area is 126 Å². The summed E-state index contributed by atoms with van der Waals surface area (Å²) in [7, 11) is 0. The van der Waals surface area contributed by atoms with Crippen molar-refractivity contribution in [2.45, 2.75) is 6.92 Å². The number of amides is 1. The fourth-order valence-electron chi connectivity index (χ4n) is 1.60. The first-order chi connectivity index (χ1) is 10.6. The minimum Gasteiger partial charge on any atom is -0.482 e. The number of carbonyl (C=O) groups excluding carboxylic acids is 1. The number of furan rings is 1. The number of carboxylic acid groups (broad SMARTS) is 1. The molecule has 7 nitrogen and oxygen atoms in total. The van der Waals surface area contributed by atoms with Crippen LogP contribution in [0.4, 0.5) is 0 Å². The highest BCUT2D eigenvalue weighted by atomic mass is 16.5. The first-order valence-corrected chi connectivity index (χ1v) is 6.39. The Bertz CT molecular complexity index is 674. The molecule has 0 unspecified atom stereocenters. The Balaban J connectivity index is 1.96. The van der Waals surface area contributed by atoms with Crippen molar-refractivity contribution < 1.29 is 23.8 Å². The van der Waals surface area contributed by atoms with E-state index >= 15 is 0 Å². The molecule has 1 amide bonds. The van der Waals surface area contributed by atoms with Gasteiger partial charge in [-0.1, -0.05) is 0 Å². The van der Waals surface area contributed by atoms with Crippen LogP contribution >= 0.6 is 0 Å². The molecule has 2 N–H and O–H groups in total. The molecular formula is C15H14N2O5. The quantitative estimate of drug-likeness (QED) is 0.627. The maximum Gasteiger partial charge on any atom is 0.341 e. The smallest absolute Gasteiger partial charge is 0.341 e. The average Bonchev–Trinajstić information content (AvgIpc) is 3.05. The fourth-order valence-corrected chi connectivity index (χ4v) is 1.60. The van der Waals surface area contributed by atoms with Gasteiger partial charge in [0.2, 0.25) is 0 Å². The summed E-state index contributed by atoms with van der Waals surface area (Å²) < 4.78 is 9.98. The number of nitrogens with zero attached hydrogens (tertiary/aromatic N) is 1. The zero-order valence-corrected chi connectivity index (χ0v) is 11.8. The van der Waals surface area contributed by atoms with Crippen LogP contribution in [0.3, 0.4) is 0 Å². The third-order valence-electron chi connectivity index (χ3n) is 2.70. The number of ether oxygens (including phenoxy) is 1. The predicted molar refractivity (Wildman–Crippen MR) is 78.0 cm³/mol. The Morgan fingerprint density at radius 2 is 2.00 bits per heavy atom. The molecule has 22 heavy (non-hydrogen) atoms. The van der Waals surface area contributed by atoms with E-state index < -0.39 is 18.5 Å². The van der Waals surface area contributed by atoms with Gasteiger partial charge in [0.25, 0.3) is 0 Å². The van der Waals surface area contributed by atoms with Crippen LogP contribution in [0, 0.1) is 0 Å². The molecular weight excluding hydrogens is 288 g/mol. The van der Waals surface area contributed by atoms with Crippen LogP contribution in [0.5, 0.6) is 5.75 Å². The zero-order valence-electron chi connectivity index (χ0n) is 11.8. The van der Waals surface area contributed by atoms with E-state index in [-0.39, 0.29) is 5.76 Å². The third-order valence-corrected chi connectivity index (χ3v) is 2.70. The van der Waals surface area contributed by atoms with E-state index in [1.54, 1.807) is 37.3 Å². The Hall–Kier alpha value is -3.09. The summed E-state index contributed by atoms with van der Waals surface area (Å²) in [6.07, 6.45) is 1.40. The molecule has 0 spiro atoms. The highest BCUT2D eigenvalue weighted by Crippen LogP contribution is 2.12. The van der Waals surface area contributed by atoms with Crippen molar-refractivity contribution in [1.82, 2.24) is 5.43 Å². The van der Waals surface area contributed by atoms with E-state index in [9.17, 15) is 9.59 Å². The molecule has 2 rings (SSSR count). The molecule has 1 heterocycles. The Morgan fingerprint density at radius 3 is 2.59 bits per heavy atom. The highest BCUT2D eigenvalue weighted by molar-refractivity contribution is 6.00. The average molecular weight is 302 g/mol. The van der Waals surface area contributed by atoms with E-state index in [1.807, 2.05) is 0 Å². The lowest BCUT2D eigenvalue weighted by atomic mass is 10.1. The van der Waals surface area contributed by atoms with Gasteiger partial charge in [0.15, 0.2) is 12.4 Å². The number of carboxylic acids is 1. The number of hydrogen-bond donors (Lipinski definition) is 2. The van der Waals surface area contributed by atoms with Crippen molar-refractivity contribution in [2.24, 2.45) is 5.10 Å². The van der Waals surface area contributed by atoms with Crippen LogP contribution in [0.2, 0.25) is 0 Å². The van der Waals surface area contributed by atoms with Crippen LogP contribution in [-0.4, -0.2) is 29.3 Å². The van der Waals surface area contributed by atoms with Gasteiger partial charge in [-0.2, -0.15) is 5.10 Å². The number of rotatable bonds is 6. The van der Waals surface area contributed by atoms with Crippen LogP contribution < -0.4 is 10.2 Å². The van der Waals surface area contributed by atoms with E-state index in [2.05, 4.69) is 10.5 Å². The molecule has 0 aliphatic carbocycles. The molecule has 1 aromatic heterocycles. The van der Waals surface area contributed by atoms with Gasteiger partial charge >= 0.3 is 11.9 Å². The van der Waals surface area contributed by atoms with Crippen molar-refractivity contribution in [3.63, 3.8) is 0 Å². The lowest BCUT2D eigenvalue weighted by Gasteiger charge is -2.05. The maximum absolute atomic E-state index is 11.7. The van der Waals surface area contributed by atoms with Crippen LogP contribution in [0.1, 0.15) is 23.0 Å². The molecule has 0 saturated heterocycles.